The summed E-state index contributed by atoms with van der Waals surface area (Å²) < 4.78 is 1.70. The molecular formula is C13H18N6O. The highest BCUT2D eigenvalue weighted by Gasteiger charge is 2.28. The highest BCUT2D eigenvalue weighted by Crippen LogP contribution is 2.20. The van der Waals surface area contributed by atoms with Crippen LogP contribution in [0.25, 0.3) is 5.78 Å². The van der Waals surface area contributed by atoms with Crippen molar-refractivity contribution in [2.75, 3.05) is 24.7 Å². The lowest BCUT2D eigenvalue weighted by atomic mass is 10.2. The average molecular weight is 274 g/mol. The molecule has 1 fully saturated rings. The van der Waals surface area contributed by atoms with Gasteiger partial charge in [-0.25, -0.2) is 4.98 Å². The lowest BCUT2D eigenvalue weighted by molar-refractivity contribution is -0.126. The number of carbonyl (C=O) groups excluding carboxylic acids is 1. The third kappa shape index (κ3) is 2.09. The summed E-state index contributed by atoms with van der Waals surface area (Å²) in [6.07, 6.45) is 3.42. The third-order valence-corrected chi connectivity index (χ3v) is 3.52. The first-order valence-corrected chi connectivity index (χ1v) is 6.95. The summed E-state index contributed by atoms with van der Waals surface area (Å²) in [5.41, 5.74) is 0.991. The Hall–Kier alpha value is -2.18. The van der Waals surface area contributed by atoms with Crippen molar-refractivity contribution in [2.24, 2.45) is 0 Å². The quantitative estimate of drug-likeness (QED) is 0.821. The third-order valence-electron chi connectivity index (χ3n) is 3.52. The monoisotopic (exact) mass is 274 g/mol. The molecule has 0 N–H and O–H groups in total. The molecule has 0 atom stereocenters. The molecular weight excluding hydrogens is 256 g/mol. The van der Waals surface area contributed by atoms with Crippen LogP contribution in [-0.4, -0.2) is 50.1 Å². The van der Waals surface area contributed by atoms with Gasteiger partial charge in [-0.05, 0) is 13.3 Å². The number of amides is 1. The Morgan fingerprint density at radius 2 is 2.20 bits per heavy atom. The number of likely N-dealkylation sites (N-methyl/N-ethyl adjacent to an activating group) is 1. The second kappa shape index (κ2) is 5.07. The molecule has 0 saturated carbocycles. The van der Waals surface area contributed by atoms with E-state index in [0.717, 1.165) is 30.9 Å². The van der Waals surface area contributed by atoms with Crippen molar-refractivity contribution in [3.8, 4) is 0 Å². The van der Waals surface area contributed by atoms with Gasteiger partial charge in [-0.1, -0.05) is 13.3 Å². The number of fused-ring (bicyclic) bond motifs is 1. The standard InChI is InChI=1S/C13H18N6O/c1-3-5-10-6-11(19-13(16-10)14-8-15-19)18-7-12(20)17(4-2)9-18/h6,8H,3-5,7,9H2,1-2H3. The summed E-state index contributed by atoms with van der Waals surface area (Å²) in [4.78, 5) is 24.4. The van der Waals surface area contributed by atoms with Gasteiger partial charge in [0.05, 0.1) is 6.67 Å². The zero-order valence-corrected chi connectivity index (χ0v) is 11.8. The predicted octanol–water partition coefficient (Wildman–Crippen LogP) is 0.703. The lowest BCUT2D eigenvalue weighted by Crippen LogP contribution is -2.27. The molecule has 0 bridgehead atoms. The van der Waals surface area contributed by atoms with Crippen LogP contribution in [0.3, 0.4) is 0 Å². The molecule has 0 unspecified atom stereocenters. The molecule has 3 heterocycles. The number of hydrogen-bond acceptors (Lipinski definition) is 5. The first-order chi connectivity index (χ1) is 9.72. The summed E-state index contributed by atoms with van der Waals surface area (Å²) in [6.45, 7) is 5.82. The molecule has 1 amide bonds. The molecule has 20 heavy (non-hydrogen) atoms. The summed E-state index contributed by atoms with van der Waals surface area (Å²) >= 11 is 0. The largest absolute Gasteiger partial charge is 0.329 e. The molecule has 7 nitrogen and oxygen atoms in total. The van der Waals surface area contributed by atoms with Crippen LogP contribution in [0, 0.1) is 0 Å². The minimum atomic E-state index is 0.148. The Balaban J connectivity index is 2.01. The van der Waals surface area contributed by atoms with E-state index in [4.69, 9.17) is 0 Å². The SMILES string of the molecule is CCCc1cc(N2CC(=O)N(CC)C2)n2ncnc2n1. The molecule has 1 saturated heterocycles. The topological polar surface area (TPSA) is 66.6 Å². The summed E-state index contributed by atoms with van der Waals surface area (Å²) in [6, 6.07) is 2.01. The van der Waals surface area contributed by atoms with Crippen LogP contribution in [0.2, 0.25) is 0 Å². The number of hydrogen-bond donors (Lipinski definition) is 0. The molecule has 2 aromatic rings. The minimum absolute atomic E-state index is 0.148. The highest BCUT2D eigenvalue weighted by molar-refractivity contribution is 5.84. The Labute approximate surface area is 117 Å². The Bertz CT molecular complexity index is 637. The fourth-order valence-electron chi connectivity index (χ4n) is 2.48. The average Bonchev–Trinajstić information content (AvgIpc) is 3.04. The first kappa shape index (κ1) is 12.8. The van der Waals surface area contributed by atoms with E-state index in [9.17, 15) is 4.79 Å². The zero-order chi connectivity index (χ0) is 14.1. The van der Waals surface area contributed by atoms with Gasteiger partial charge in [0.15, 0.2) is 0 Å². The highest BCUT2D eigenvalue weighted by atomic mass is 16.2. The number of rotatable bonds is 4. The molecule has 0 spiro atoms. The number of nitrogens with zero attached hydrogens (tertiary/aromatic N) is 6. The molecule has 3 rings (SSSR count). The number of aromatic nitrogens is 4. The molecule has 0 aromatic carbocycles. The first-order valence-electron chi connectivity index (χ1n) is 6.95. The van der Waals surface area contributed by atoms with Crippen LogP contribution in [0.5, 0.6) is 0 Å². The zero-order valence-electron chi connectivity index (χ0n) is 11.8. The number of carbonyl (C=O) groups is 1. The van der Waals surface area contributed by atoms with Gasteiger partial charge in [0.25, 0.3) is 5.78 Å². The van der Waals surface area contributed by atoms with Gasteiger partial charge in [-0.2, -0.15) is 14.6 Å². The number of anilines is 1. The van der Waals surface area contributed by atoms with Crippen molar-refractivity contribution in [3.63, 3.8) is 0 Å². The van der Waals surface area contributed by atoms with Crippen molar-refractivity contribution >= 4 is 17.5 Å². The van der Waals surface area contributed by atoms with E-state index in [1.165, 1.54) is 6.33 Å². The predicted molar refractivity (Wildman–Crippen MR) is 74.4 cm³/mol. The maximum atomic E-state index is 11.9. The van der Waals surface area contributed by atoms with Crippen molar-refractivity contribution in [3.05, 3.63) is 18.1 Å². The Kier molecular flexibility index (Phi) is 3.25. The Morgan fingerprint density at radius 1 is 1.35 bits per heavy atom. The van der Waals surface area contributed by atoms with Gasteiger partial charge in [0.2, 0.25) is 5.91 Å². The van der Waals surface area contributed by atoms with E-state index in [2.05, 4.69) is 22.0 Å². The van der Waals surface area contributed by atoms with E-state index in [1.807, 2.05) is 22.8 Å². The summed E-state index contributed by atoms with van der Waals surface area (Å²) in [7, 11) is 0. The van der Waals surface area contributed by atoms with E-state index in [0.29, 0.717) is 19.0 Å². The van der Waals surface area contributed by atoms with Crippen LogP contribution in [0.1, 0.15) is 26.0 Å². The van der Waals surface area contributed by atoms with Gasteiger partial charge >= 0.3 is 0 Å². The van der Waals surface area contributed by atoms with Gasteiger partial charge in [-0.15, -0.1) is 0 Å². The van der Waals surface area contributed by atoms with E-state index < -0.39 is 0 Å². The normalized spacial score (nSPS) is 15.6. The summed E-state index contributed by atoms with van der Waals surface area (Å²) in [5.74, 6) is 1.63. The molecule has 1 aliphatic rings. The second-order valence-corrected chi connectivity index (χ2v) is 4.92. The lowest BCUT2D eigenvalue weighted by Gasteiger charge is -2.19. The number of aryl methyl sites for hydroxylation is 1. The van der Waals surface area contributed by atoms with Crippen LogP contribution in [0.4, 0.5) is 5.82 Å². The van der Waals surface area contributed by atoms with Crippen molar-refractivity contribution < 1.29 is 4.79 Å². The van der Waals surface area contributed by atoms with Crippen molar-refractivity contribution in [2.45, 2.75) is 26.7 Å². The van der Waals surface area contributed by atoms with E-state index in [1.54, 1.807) is 4.52 Å². The van der Waals surface area contributed by atoms with Crippen LogP contribution in [0.15, 0.2) is 12.4 Å². The second-order valence-electron chi connectivity index (χ2n) is 4.92. The summed E-state index contributed by atoms with van der Waals surface area (Å²) in [5, 5.41) is 4.21. The molecule has 7 heteroatoms. The van der Waals surface area contributed by atoms with E-state index in [-0.39, 0.29) is 5.91 Å². The fraction of sp³-hybridized carbons (Fsp3) is 0.538. The molecule has 0 aliphatic carbocycles. The molecule has 1 aliphatic heterocycles. The van der Waals surface area contributed by atoms with Gasteiger partial charge in [-0.3, -0.25) is 4.79 Å². The van der Waals surface area contributed by atoms with Crippen molar-refractivity contribution in [1.82, 2.24) is 24.5 Å². The van der Waals surface area contributed by atoms with Gasteiger partial charge in [0, 0.05) is 18.3 Å². The maximum Gasteiger partial charge on any atom is 0.254 e. The maximum absolute atomic E-state index is 11.9. The molecule has 2 aromatic heterocycles. The van der Waals surface area contributed by atoms with E-state index >= 15 is 0 Å². The van der Waals surface area contributed by atoms with Crippen LogP contribution in [-0.2, 0) is 11.2 Å². The minimum Gasteiger partial charge on any atom is -0.329 e. The smallest absolute Gasteiger partial charge is 0.254 e. The van der Waals surface area contributed by atoms with Gasteiger partial charge < -0.3 is 9.80 Å². The van der Waals surface area contributed by atoms with Crippen molar-refractivity contribution in [1.29, 1.82) is 0 Å². The molecule has 0 radical (unpaired) electrons. The fourth-order valence-corrected chi connectivity index (χ4v) is 2.48. The van der Waals surface area contributed by atoms with Crippen LogP contribution < -0.4 is 4.90 Å². The molecule has 106 valence electrons. The van der Waals surface area contributed by atoms with Gasteiger partial charge in [0.1, 0.15) is 18.7 Å². The Morgan fingerprint density at radius 3 is 2.90 bits per heavy atom. The van der Waals surface area contributed by atoms with Crippen LogP contribution >= 0.6 is 0 Å².